The van der Waals surface area contributed by atoms with Crippen molar-refractivity contribution in [1.82, 2.24) is 25.1 Å². The Labute approximate surface area is 149 Å². The summed E-state index contributed by atoms with van der Waals surface area (Å²) < 4.78 is 0. The fraction of sp³-hybridized carbons (Fsp3) is 0.632. The average molecular weight is 340 g/mol. The van der Waals surface area contributed by atoms with E-state index in [1.54, 1.807) is 0 Å². The predicted octanol–water partition coefficient (Wildman–Crippen LogP) is 2.53. The number of aromatic amines is 1. The average Bonchev–Trinajstić information content (AvgIpc) is 3.33. The van der Waals surface area contributed by atoms with E-state index in [9.17, 15) is 0 Å². The van der Waals surface area contributed by atoms with E-state index in [1.807, 2.05) is 19.3 Å². The second-order valence-corrected chi connectivity index (χ2v) is 7.39. The Kier molecular flexibility index (Phi) is 4.97. The van der Waals surface area contributed by atoms with Crippen LogP contribution in [0.3, 0.4) is 0 Å². The smallest absolute Gasteiger partial charge is 0.132 e. The molecule has 2 aliphatic heterocycles. The highest BCUT2D eigenvalue weighted by Crippen LogP contribution is 2.28. The van der Waals surface area contributed by atoms with Gasteiger partial charge in [0.05, 0.1) is 11.9 Å². The zero-order valence-electron chi connectivity index (χ0n) is 15.1. The summed E-state index contributed by atoms with van der Waals surface area (Å²) >= 11 is 0. The zero-order valence-corrected chi connectivity index (χ0v) is 15.1. The minimum absolute atomic E-state index is 0.529. The van der Waals surface area contributed by atoms with Crippen molar-refractivity contribution < 1.29 is 0 Å². The van der Waals surface area contributed by atoms with Crippen LogP contribution in [0, 0.1) is 6.92 Å². The molecule has 0 saturated carbocycles. The Hall–Kier alpha value is -1.95. The molecule has 0 unspecified atom stereocenters. The van der Waals surface area contributed by atoms with Gasteiger partial charge in [-0.25, -0.2) is 9.97 Å². The summed E-state index contributed by atoms with van der Waals surface area (Å²) in [6.07, 6.45) is 10.0. The topological polar surface area (TPSA) is 60.9 Å². The van der Waals surface area contributed by atoms with Crippen LogP contribution in [-0.4, -0.2) is 57.8 Å². The van der Waals surface area contributed by atoms with E-state index in [-0.39, 0.29) is 0 Å². The molecule has 2 aromatic heterocycles. The zero-order chi connectivity index (χ0) is 17.1. The number of nitrogens with zero attached hydrogens (tertiary/aromatic N) is 5. The minimum atomic E-state index is 0.529. The third-order valence-electron chi connectivity index (χ3n) is 5.47. The number of likely N-dealkylation sites (tertiary alicyclic amines) is 1. The third-order valence-corrected chi connectivity index (χ3v) is 5.47. The van der Waals surface area contributed by atoms with Crippen molar-refractivity contribution >= 4 is 5.82 Å². The molecule has 4 heterocycles. The predicted molar refractivity (Wildman–Crippen MR) is 98.9 cm³/mol. The number of H-pyrrole nitrogens is 1. The molecule has 0 bridgehead atoms. The number of hydrogen-bond acceptors (Lipinski definition) is 5. The molecule has 2 aliphatic rings. The van der Waals surface area contributed by atoms with Crippen molar-refractivity contribution in [2.24, 2.45) is 0 Å². The SMILES string of the molecule is Cc1nc([C@@H]2CCCN(CCc3cn[nH]c3)C2)cc(N2CCCC2)n1. The summed E-state index contributed by atoms with van der Waals surface area (Å²) in [6.45, 7) is 7.70. The van der Waals surface area contributed by atoms with Crippen molar-refractivity contribution in [2.75, 3.05) is 37.6 Å². The Bertz CT molecular complexity index is 677. The van der Waals surface area contributed by atoms with Crippen LogP contribution in [0.2, 0.25) is 0 Å². The summed E-state index contributed by atoms with van der Waals surface area (Å²) in [5.74, 6) is 2.58. The molecule has 0 aliphatic carbocycles. The van der Waals surface area contributed by atoms with E-state index in [1.165, 1.54) is 43.5 Å². The number of nitrogens with one attached hydrogen (secondary N) is 1. The maximum absolute atomic E-state index is 4.79. The van der Waals surface area contributed by atoms with Crippen molar-refractivity contribution in [3.8, 4) is 0 Å². The molecular weight excluding hydrogens is 312 g/mol. The summed E-state index contributed by atoms with van der Waals surface area (Å²) in [7, 11) is 0. The molecule has 1 atom stereocenters. The van der Waals surface area contributed by atoms with Crippen LogP contribution in [-0.2, 0) is 6.42 Å². The molecule has 2 fully saturated rings. The second-order valence-electron chi connectivity index (χ2n) is 7.39. The molecule has 4 rings (SSSR count). The monoisotopic (exact) mass is 340 g/mol. The van der Waals surface area contributed by atoms with Gasteiger partial charge in [0.2, 0.25) is 0 Å². The lowest BCUT2D eigenvalue weighted by atomic mass is 9.94. The van der Waals surface area contributed by atoms with Crippen molar-refractivity contribution in [2.45, 2.75) is 44.9 Å². The number of piperidine rings is 1. The van der Waals surface area contributed by atoms with Gasteiger partial charge < -0.3 is 9.80 Å². The second kappa shape index (κ2) is 7.52. The van der Waals surface area contributed by atoms with E-state index in [2.05, 4.69) is 26.1 Å². The summed E-state index contributed by atoms with van der Waals surface area (Å²) in [6, 6.07) is 2.25. The van der Waals surface area contributed by atoms with Crippen molar-refractivity contribution in [3.63, 3.8) is 0 Å². The molecule has 2 saturated heterocycles. The number of hydrogen-bond donors (Lipinski definition) is 1. The van der Waals surface area contributed by atoms with E-state index < -0.39 is 0 Å². The highest BCUT2D eigenvalue weighted by atomic mass is 15.2. The van der Waals surface area contributed by atoms with Gasteiger partial charge in [0.25, 0.3) is 0 Å². The van der Waals surface area contributed by atoms with Gasteiger partial charge in [-0.05, 0) is 51.1 Å². The van der Waals surface area contributed by atoms with Gasteiger partial charge in [-0.1, -0.05) is 0 Å². The fourth-order valence-corrected chi connectivity index (χ4v) is 4.09. The first-order valence-electron chi connectivity index (χ1n) is 9.58. The molecule has 6 heteroatoms. The summed E-state index contributed by atoms with van der Waals surface area (Å²) in [4.78, 5) is 14.5. The molecule has 2 aromatic rings. The third kappa shape index (κ3) is 4.00. The largest absolute Gasteiger partial charge is 0.357 e. The highest BCUT2D eigenvalue weighted by Gasteiger charge is 2.24. The van der Waals surface area contributed by atoms with E-state index in [4.69, 9.17) is 9.97 Å². The van der Waals surface area contributed by atoms with Crippen LogP contribution >= 0.6 is 0 Å². The normalized spacial score (nSPS) is 21.8. The molecule has 0 aromatic carbocycles. The van der Waals surface area contributed by atoms with Crippen LogP contribution in [0.4, 0.5) is 5.82 Å². The fourth-order valence-electron chi connectivity index (χ4n) is 4.09. The van der Waals surface area contributed by atoms with Gasteiger partial charge >= 0.3 is 0 Å². The number of anilines is 1. The summed E-state index contributed by atoms with van der Waals surface area (Å²) in [5.41, 5.74) is 2.53. The van der Waals surface area contributed by atoms with Crippen LogP contribution < -0.4 is 4.90 Å². The lowest BCUT2D eigenvalue weighted by Crippen LogP contribution is -2.36. The lowest BCUT2D eigenvalue weighted by molar-refractivity contribution is 0.208. The summed E-state index contributed by atoms with van der Waals surface area (Å²) in [5, 5.41) is 6.94. The lowest BCUT2D eigenvalue weighted by Gasteiger charge is -2.32. The molecule has 134 valence electrons. The van der Waals surface area contributed by atoms with E-state index in [0.717, 1.165) is 44.2 Å². The van der Waals surface area contributed by atoms with Crippen LogP contribution in [0.1, 0.15) is 48.7 Å². The van der Waals surface area contributed by atoms with Gasteiger partial charge in [-0.3, -0.25) is 5.10 Å². The molecule has 0 spiro atoms. The maximum Gasteiger partial charge on any atom is 0.132 e. The molecule has 25 heavy (non-hydrogen) atoms. The van der Waals surface area contributed by atoms with Crippen molar-refractivity contribution in [3.05, 3.63) is 35.5 Å². The van der Waals surface area contributed by atoms with Crippen LogP contribution in [0.25, 0.3) is 0 Å². The molecule has 6 nitrogen and oxygen atoms in total. The number of aromatic nitrogens is 4. The van der Waals surface area contributed by atoms with Crippen LogP contribution in [0.15, 0.2) is 18.5 Å². The molecule has 1 N–H and O–H groups in total. The number of aryl methyl sites for hydroxylation is 1. The number of rotatable bonds is 5. The van der Waals surface area contributed by atoms with Gasteiger partial charge in [-0.15, -0.1) is 0 Å². The van der Waals surface area contributed by atoms with Crippen LogP contribution in [0.5, 0.6) is 0 Å². The van der Waals surface area contributed by atoms with Gasteiger partial charge in [-0.2, -0.15) is 5.10 Å². The highest BCUT2D eigenvalue weighted by molar-refractivity contribution is 5.41. The van der Waals surface area contributed by atoms with E-state index in [0.29, 0.717) is 5.92 Å². The molecular formula is C19H28N6. The van der Waals surface area contributed by atoms with Gasteiger partial charge in [0.1, 0.15) is 11.6 Å². The Morgan fingerprint density at radius 2 is 2.04 bits per heavy atom. The van der Waals surface area contributed by atoms with E-state index >= 15 is 0 Å². The molecule has 0 radical (unpaired) electrons. The quantitative estimate of drug-likeness (QED) is 0.906. The van der Waals surface area contributed by atoms with Gasteiger partial charge in [0.15, 0.2) is 0 Å². The molecule has 0 amide bonds. The van der Waals surface area contributed by atoms with Crippen molar-refractivity contribution in [1.29, 1.82) is 0 Å². The Morgan fingerprint density at radius 1 is 1.16 bits per heavy atom. The first kappa shape index (κ1) is 16.5. The minimum Gasteiger partial charge on any atom is -0.357 e. The first-order chi connectivity index (χ1) is 12.3. The standard InChI is InChI=1S/C19H28N6/c1-15-22-18(11-19(23-15)25-8-2-3-9-25)17-5-4-7-24(14-17)10-6-16-12-20-21-13-16/h11-13,17H,2-10,14H2,1H3,(H,20,21)/t17-/m1/s1. The Balaban J connectivity index is 1.43. The van der Waals surface area contributed by atoms with Gasteiger partial charge in [0, 0.05) is 44.4 Å². The first-order valence-corrected chi connectivity index (χ1v) is 9.58. The Morgan fingerprint density at radius 3 is 2.84 bits per heavy atom. The maximum atomic E-state index is 4.79.